The number of hydrogen-bond donors (Lipinski definition) is 1. The normalized spacial score (nSPS) is 15.2. The Morgan fingerprint density at radius 2 is 1.77 bits per heavy atom. The SMILES string of the molecule is COc1ccc([C@@H]2CC(=O)c3cnc(NC(=O)c4ccc(C)cc4)nc3C2)cc1OC. The first kappa shape index (κ1) is 20.5. The van der Waals surface area contributed by atoms with Crippen LogP contribution in [0.5, 0.6) is 11.5 Å². The van der Waals surface area contributed by atoms with E-state index in [1.807, 2.05) is 37.3 Å². The number of methoxy groups -OCH3 is 2. The number of carbonyl (C=O) groups excluding carboxylic acids is 2. The highest BCUT2D eigenvalue weighted by Crippen LogP contribution is 2.36. The number of nitrogens with zero attached hydrogens (tertiary/aromatic N) is 2. The van der Waals surface area contributed by atoms with Crippen LogP contribution in [0.2, 0.25) is 0 Å². The summed E-state index contributed by atoms with van der Waals surface area (Å²) in [5.74, 6) is 1.08. The Labute approximate surface area is 180 Å². The molecule has 1 aliphatic rings. The molecule has 1 aromatic heterocycles. The van der Waals surface area contributed by atoms with E-state index in [2.05, 4.69) is 15.3 Å². The largest absolute Gasteiger partial charge is 0.493 e. The summed E-state index contributed by atoms with van der Waals surface area (Å²) in [7, 11) is 3.17. The highest BCUT2D eigenvalue weighted by molar-refractivity contribution is 6.03. The Balaban J connectivity index is 1.57. The molecule has 0 spiro atoms. The third-order valence-electron chi connectivity index (χ3n) is 5.46. The number of ketones is 1. The number of hydrogen-bond acceptors (Lipinski definition) is 6. The van der Waals surface area contributed by atoms with Gasteiger partial charge in [0.05, 0.1) is 25.5 Å². The monoisotopic (exact) mass is 417 g/mol. The maximum absolute atomic E-state index is 12.7. The molecule has 7 nitrogen and oxygen atoms in total. The van der Waals surface area contributed by atoms with E-state index in [-0.39, 0.29) is 23.6 Å². The van der Waals surface area contributed by atoms with Gasteiger partial charge in [-0.3, -0.25) is 14.9 Å². The minimum absolute atomic E-state index is 0.0163. The number of Topliss-reactive ketones (excluding diaryl/α,β-unsaturated/α-hetero) is 1. The zero-order valence-electron chi connectivity index (χ0n) is 17.6. The Kier molecular flexibility index (Phi) is 5.66. The number of rotatable bonds is 5. The van der Waals surface area contributed by atoms with Crippen LogP contribution in [0.3, 0.4) is 0 Å². The van der Waals surface area contributed by atoms with E-state index in [0.717, 1.165) is 11.1 Å². The molecule has 0 aliphatic heterocycles. The molecule has 0 saturated carbocycles. The summed E-state index contributed by atoms with van der Waals surface area (Å²) in [6.07, 6.45) is 2.42. The average molecular weight is 417 g/mol. The summed E-state index contributed by atoms with van der Waals surface area (Å²) < 4.78 is 10.7. The Morgan fingerprint density at radius 1 is 1.03 bits per heavy atom. The van der Waals surface area contributed by atoms with E-state index < -0.39 is 0 Å². The van der Waals surface area contributed by atoms with E-state index in [9.17, 15) is 9.59 Å². The first-order valence-corrected chi connectivity index (χ1v) is 9.97. The molecule has 0 unspecified atom stereocenters. The number of nitrogens with one attached hydrogen (secondary N) is 1. The molecule has 3 aromatic rings. The fourth-order valence-corrected chi connectivity index (χ4v) is 3.73. The van der Waals surface area contributed by atoms with Crippen molar-refractivity contribution >= 4 is 17.6 Å². The summed E-state index contributed by atoms with van der Waals surface area (Å²) in [6.45, 7) is 1.96. The van der Waals surface area contributed by atoms with Crippen molar-refractivity contribution in [2.75, 3.05) is 19.5 Å². The molecule has 0 saturated heterocycles. The van der Waals surface area contributed by atoms with Crippen molar-refractivity contribution in [2.24, 2.45) is 0 Å². The Hall–Kier alpha value is -3.74. The van der Waals surface area contributed by atoms with Crippen molar-refractivity contribution in [3.63, 3.8) is 0 Å². The summed E-state index contributed by atoms with van der Waals surface area (Å²) >= 11 is 0. The van der Waals surface area contributed by atoms with Crippen molar-refractivity contribution in [2.45, 2.75) is 25.7 Å². The van der Waals surface area contributed by atoms with Crippen molar-refractivity contribution in [1.82, 2.24) is 9.97 Å². The first-order valence-electron chi connectivity index (χ1n) is 9.97. The minimum atomic E-state index is -0.293. The van der Waals surface area contributed by atoms with E-state index in [1.54, 1.807) is 26.4 Å². The number of aromatic nitrogens is 2. The maximum Gasteiger partial charge on any atom is 0.258 e. The van der Waals surface area contributed by atoms with Gasteiger partial charge >= 0.3 is 0 Å². The summed E-state index contributed by atoms with van der Waals surface area (Å²) in [6, 6.07) is 12.9. The zero-order valence-corrected chi connectivity index (χ0v) is 17.6. The molecular weight excluding hydrogens is 394 g/mol. The summed E-state index contributed by atoms with van der Waals surface area (Å²) in [5, 5.41) is 2.72. The second-order valence-electron chi connectivity index (χ2n) is 7.52. The third kappa shape index (κ3) is 4.26. The molecule has 0 fully saturated rings. The van der Waals surface area contributed by atoms with Crippen LogP contribution in [-0.4, -0.2) is 35.9 Å². The number of fused-ring (bicyclic) bond motifs is 1. The fraction of sp³-hybridized carbons (Fsp3) is 0.250. The molecule has 158 valence electrons. The van der Waals surface area contributed by atoms with Crippen molar-refractivity contribution in [3.05, 3.63) is 76.6 Å². The molecule has 1 heterocycles. The van der Waals surface area contributed by atoms with Crippen LogP contribution in [0.1, 0.15) is 49.9 Å². The van der Waals surface area contributed by atoms with Gasteiger partial charge in [-0.1, -0.05) is 23.8 Å². The van der Waals surface area contributed by atoms with Crippen LogP contribution >= 0.6 is 0 Å². The maximum atomic E-state index is 12.7. The number of aryl methyl sites for hydroxylation is 1. The Bertz CT molecular complexity index is 1140. The van der Waals surface area contributed by atoms with Crippen molar-refractivity contribution < 1.29 is 19.1 Å². The highest BCUT2D eigenvalue weighted by Gasteiger charge is 2.29. The standard InChI is InChI=1S/C24H23N3O4/c1-14-4-6-15(7-5-14)23(29)27-24-25-13-18-19(26-24)10-17(11-20(18)28)16-8-9-21(30-2)22(12-16)31-3/h4-9,12-13,17H,10-11H2,1-3H3,(H,25,26,27,29)/t17-/m0/s1. The number of anilines is 1. The van der Waals surface area contributed by atoms with Gasteiger partial charge in [-0.25, -0.2) is 9.97 Å². The van der Waals surface area contributed by atoms with Crippen molar-refractivity contribution in [3.8, 4) is 11.5 Å². The quantitative estimate of drug-likeness (QED) is 0.676. The van der Waals surface area contributed by atoms with Crippen molar-refractivity contribution in [1.29, 1.82) is 0 Å². The molecule has 1 amide bonds. The molecule has 7 heteroatoms. The number of amides is 1. The fourth-order valence-electron chi connectivity index (χ4n) is 3.73. The summed E-state index contributed by atoms with van der Waals surface area (Å²) in [4.78, 5) is 33.9. The molecule has 1 aliphatic carbocycles. The van der Waals surface area contributed by atoms with E-state index in [0.29, 0.717) is 41.2 Å². The zero-order chi connectivity index (χ0) is 22.0. The molecule has 1 N–H and O–H groups in total. The van der Waals surface area contributed by atoms with Crippen LogP contribution in [0, 0.1) is 6.92 Å². The summed E-state index contributed by atoms with van der Waals surface area (Å²) in [5.41, 5.74) is 3.70. The van der Waals surface area contributed by atoms with Crippen LogP contribution in [0.15, 0.2) is 48.7 Å². The van der Waals surface area contributed by atoms with Gasteiger partial charge in [-0.05, 0) is 49.1 Å². The topological polar surface area (TPSA) is 90.4 Å². The lowest BCUT2D eigenvalue weighted by Crippen LogP contribution is -2.22. The number of carbonyl (C=O) groups is 2. The second-order valence-corrected chi connectivity index (χ2v) is 7.52. The van der Waals surface area contributed by atoms with Crippen LogP contribution in [0.4, 0.5) is 5.95 Å². The highest BCUT2D eigenvalue weighted by atomic mass is 16.5. The second kappa shape index (κ2) is 8.55. The van der Waals surface area contributed by atoms with Gasteiger partial charge in [0.25, 0.3) is 5.91 Å². The number of benzene rings is 2. The molecule has 4 rings (SSSR count). The van der Waals surface area contributed by atoms with Gasteiger partial charge < -0.3 is 9.47 Å². The smallest absolute Gasteiger partial charge is 0.258 e. The average Bonchev–Trinajstić information content (AvgIpc) is 2.78. The van der Waals surface area contributed by atoms with Crippen LogP contribution in [0.25, 0.3) is 0 Å². The van der Waals surface area contributed by atoms with E-state index in [1.165, 1.54) is 6.20 Å². The lowest BCUT2D eigenvalue weighted by molar-refractivity contribution is 0.0962. The predicted molar refractivity (Wildman–Crippen MR) is 116 cm³/mol. The third-order valence-corrected chi connectivity index (χ3v) is 5.46. The first-order chi connectivity index (χ1) is 15.0. The molecule has 1 atom stereocenters. The Morgan fingerprint density at radius 3 is 2.48 bits per heavy atom. The molecule has 31 heavy (non-hydrogen) atoms. The minimum Gasteiger partial charge on any atom is -0.493 e. The van der Waals surface area contributed by atoms with Gasteiger partial charge in [0.1, 0.15) is 0 Å². The number of ether oxygens (including phenoxy) is 2. The van der Waals surface area contributed by atoms with Crippen LogP contribution in [-0.2, 0) is 6.42 Å². The lowest BCUT2D eigenvalue weighted by Gasteiger charge is -2.24. The van der Waals surface area contributed by atoms with Gasteiger partial charge in [0.15, 0.2) is 17.3 Å². The lowest BCUT2D eigenvalue weighted by atomic mass is 9.82. The van der Waals surface area contributed by atoms with E-state index in [4.69, 9.17) is 9.47 Å². The predicted octanol–water partition coefficient (Wildman–Crippen LogP) is 3.97. The molecular formula is C24H23N3O4. The van der Waals surface area contributed by atoms with Gasteiger partial charge in [0, 0.05) is 18.2 Å². The molecule has 0 radical (unpaired) electrons. The van der Waals surface area contributed by atoms with Crippen LogP contribution < -0.4 is 14.8 Å². The van der Waals surface area contributed by atoms with E-state index >= 15 is 0 Å². The molecule has 2 aromatic carbocycles. The molecule has 0 bridgehead atoms. The van der Waals surface area contributed by atoms with Gasteiger partial charge in [-0.2, -0.15) is 0 Å². The van der Waals surface area contributed by atoms with Gasteiger partial charge in [-0.15, -0.1) is 0 Å². The van der Waals surface area contributed by atoms with Gasteiger partial charge in [0.2, 0.25) is 5.95 Å².